The number of benzene rings is 4. The van der Waals surface area contributed by atoms with E-state index in [9.17, 15) is 18.3 Å². The quantitative estimate of drug-likeness (QED) is 0.138. The average Bonchev–Trinajstić information content (AvgIpc) is 3.38. The molecule has 4 aromatic rings. The number of carbonyl (C=O) groups is 1. The summed E-state index contributed by atoms with van der Waals surface area (Å²) in [6.45, 7) is 11.0. The van der Waals surface area contributed by atoms with Crippen LogP contribution < -0.4 is 10.0 Å². The Balaban J connectivity index is 1.08. The molecule has 3 N–H and O–H groups in total. The number of nitrogens with zero attached hydrogens (tertiary/aromatic N) is 1. The number of aryl methyl sites for hydroxylation is 1. The second-order valence-electron chi connectivity index (χ2n) is 16.8. The van der Waals surface area contributed by atoms with Gasteiger partial charge in [0.15, 0.2) is 6.29 Å². The van der Waals surface area contributed by atoms with Gasteiger partial charge in [-0.05, 0) is 84.4 Å². The fourth-order valence-electron chi connectivity index (χ4n) is 9.05. The Morgan fingerprint density at radius 2 is 1.56 bits per heavy atom. The molecule has 4 aromatic carbocycles. The summed E-state index contributed by atoms with van der Waals surface area (Å²) >= 11 is 0. The molecule has 2 heterocycles. The van der Waals surface area contributed by atoms with Gasteiger partial charge in [0.1, 0.15) is 6.04 Å². The van der Waals surface area contributed by atoms with Crippen LogP contribution in [0.2, 0.25) is 0 Å². The monoisotopic (exact) mass is 751 g/mol. The van der Waals surface area contributed by atoms with Gasteiger partial charge in [-0.2, -0.15) is 4.72 Å². The van der Waals surface area contributed by atoms with E-state index in [-0.39, 0.29) is 30.1 Å². The number of ether oxygens (including phenoxy) is 2. The lowest BCUT2D eigenvalue weighted by molar-refractivity contribution is -0.253. The zero-order valence-corrected chi connectivity index (χ0v) is 32.5. The van der Waals surface area contributed by atoms with Crippen LogP contribution in [0.15, 0.2) is 108 Å². The molecule has 1 amide bonds. The Hall–Kier alpha value is -3.90. The molecule has 3 fully saturated rings. The molecule has 2 aliphatic heterocycles. The Morgan fingerprint density at radius 1 is 0.870 bits per heavy atom. The number of aliphatic hydroxyl groups is 1. The number of sulfonamides is 1. The first-order chi connectivity index (χ1) is 25.8. The van der Waals surface area contributed by atoms with E-state index in [1.165, 1.54) is 19.3 Å². The number of hydrogen-bond donors (Lipinski definition) is 3. The van der Waals surface area contributed by atoms with Gasteiger partial charge in [0.2, 0.25) is 15.9 Å². The third kappa shape index (κ3) is 9.13. The number of amides is 1. The average molecular weight is 752 g/mol. The van der Waals surface area contributed by atoms with Gasteiger partial charge >= 0.3 is 0 Å². The zero-order chi connectivity index (χ0) is 38.1. The van der Waals surface area contributed by atoms with Gasteiger partial charge in [0, 0.05) is 36.8 Å². The summed E-state index contributed by atoms with van der Waals surface area (Å²) < 4.78 is 42.8. The van der Waals surface area contributed by atoms with Crippen molar-refractivity contribution in [2.75, 3.05) is 18.4 Å². The summed E-state index contributed by atoms with van der Waals surface area (Å²) in [5, 5.41) is 12.6. The molecule has 286 valence electrons. The molecule has 7 rings (SSSR count). The third-order valence-corrected chi connectivity index (χ3v) is 12.7. The van der Waals surface area contributed by atoms with Gasteiger partial charge in [-0.15, -0.1) is 0 Å². The molecule has 10 heteroatoms. The van der Waals surface area contributed by atoms with Crippen LogP contribution >= 0.6 is 0 Å². The number of nitrogens with one attached hydrogen (secondary N) is 2. The molecule has 54 heavy (non-hydrogen) atoms. The molecule has 0 spiro atoms. The minimum atomic E-state index is -3.98. The van der Waals surface area contributed by atoms with Crippen molar-refractivity contribution in [3.63, 3.8) is 0 Å². The number of likely N-dealkylation sites (tertiary alicyclic amines) is 1. The molecule has 1 aliphatic carbocycles. The summed E-state index contributed by atoms with van der Waals surface area (Å²) in [5.41, 5.74) is 5.66. The highest BCUT2D eigenvalue weighted by atomic mass is 32.2. The van der Waals surface area contributed by atoms with Crippen LogP contribution in [0.4, 0.5) is 5.69 Å². The fraction of sp³-hybridized carbons (Fsp3) is 0.432. The highest BCUT2D eigenvalue weighted by molar-refractivity contribution is 7.89. The number of hydrogen-bond acceptors (Lipinski definition) is 7. The minimum absolute atomic E-state index is 0.0137. The van der Waals surface area contributed by atoms with Gasteiger partial charge < -0.3 is 19.9 Å². The van der Waals surface area contributed by atoms with Gasteiger partial charge in [-0.3, -0.25) is 9.69 Å². The predicted molar refractivity (Wildman–Crippen MR) is 210 cm³/mol. The number of carbonyl (C=O) groups excluding carboxylic acids is 1. The van der Waals surface area contributed by atoms with E-state index in [2.05, 4.69) is 35.7 Å². The predicted octanol–water partition coefficient (Wildman–Crippen LogP) is 7.46. The molecular weight excluding hydrogens is 699 g/mol. The summed E-state index contributed by atoms with van der Waals surface area (Å²) in [4.78, 5) is 16.5. The maximum absolute atomic E-state index is 13.8. The van der Waals surface area contributed by atoms with Crippen LogP contribution in [0.25, 0.3) is 0 Å². The summed E-state index contributed by atoms with van der Waals surface area (Å²) in [7, 11) is -3.98. The van der Waals surface area contributed by atoms with E-state index >= 15 is 0 Å². The summed E-state index contributed by atoms with van der Waals surface area (Å²) in [6.07, 6.45) is 3.66. The first-order valence-electron chi connectivity index (χ1n) is 19.0. The second-order valence-corrected chi connectivity index (χ2v) is 18.5. The Labute approximate surface area is 320 Å². The van der Waals surface area contributed by atoms with E-state index in [0.717, 1.165) is 40.9 Å². The van der Waals surface area contributed by atoms with Crippen molar-refractivity contribution in [1.29, 1.82) is 0 Å². The zero-order valence-electron chi connectivity index (χ0n) is 31.7. The molecule has 3 aliphatic rings. The van der Waals surface area contributed by atoms with E-state index in [0.29, 0.717) is 29.0 Å². The lowest BCUT2D eigenvalue weighted by Gasteiger charge is -2.41. The number of fused-ring (bicyclic) bond motifs is 2. The first kappa shape index (κ1) is 38.4. The lowest BCUT2D eigenvalue weighted by Crippen LogP contribution is -2.45. The SMILES string of the molecule is Cc1ccc(S(=O)(=O)N[C@H](Cc2ccccc2)C(=O)Nc2ccc([C@H]3O[C@@H](CN4CC5(C)CC4CC(C)(C)C5)C[C@@H](c4ccc(CO)cc4)O3)cc2)cc1. The summed E-state index contributed by atoms with van der Waals surface area (Å²) in [6, 6.07) is 30.7. The molecule has 2 saturated heterocycles. The van der Waals surface area contributed by atoms with Crippen molar-refractivity contribution in [1.82, 2.24) is 9.62 Å². The van der Waals surface area contributed by atoms with E-state index < -0.39 is 28.3 Å². The van der Waals surface area contributed by atoms with E-state index in [1.807, 2.05) is 73.7 Å². The van der Waals surface area contributed by atoms with Crippen molar-refractivity contribution in [2.45, 2.75) is 102 Å². The molecule has 2 unspecified atom stereocenters. The van der Waals surface area contributed by atoms with Crippen molar-refractivity contribution in [2.24, 2.45) is 10.8 Å². The first-order valence-corrected chi connectivity index (χ1v) is 20.5. The highest BCUT2D eigenvalue weighted by Crippen LogP contribution is 2.53. The van der Waals surface area contributed by atoms with Gasteiger partial charge in [0.25, 0.3) is 0 Å². The van der Waals surface area contributed by atoms with Crippen molar-refractivity contribution >= 4 is 21.6 Å². The minimum Gasteiger partial charge on any atom is -0.392 e. The molecule has 0 radical (unpaired) electrons. The Kier molecular flexibility index (Phi) is 11.1. The Morgan fingerprint density at radius 3 is 2.24 bits per heavy atom. The van der Waals surface area contributed by atoms with Gasteiger partial charge in [-0.25, -0.2) is 8.42 Å². The number of rotatable bonds is 12. The number of aliphatic hydroxyl groups excluding tert-OH is 1. The maximum Gasteiger partial charge on any atom is 0.242 e. The highest BCUT2D eigenvalue weighted by Gasteiger charge is 2.50. The molecule has 1 saturated carbocycles. The number of anilines is 1. The van der Waals surface area contributed by atoms with Crippen molar-refractivity contribution in [3.05, 3.63) is 131 Å². The largest absolute Gasteiger partial charge is 0.392 e. The molecule has 6 atom stereocenters. The van der Waals surface area contributed by atoms with Crippen LogP contribution in [-0.2, 0) is 37.3 Å². The molecule has 9 nitrogen and oxygen atoms in total. The van der Waals surface area contributed by atoms with Crippen LogP contribution in [0, 0.1) is 17.8 Å². The molecule has 2 bridgehead atoms. The van der Waals surface area contributed by atoms with Crippen LogP contribution in [0.3, 0.4) is 0 Å². The second kappa shape index (κ2) is 15.7. The smallest absolute Gasteiger partial charge is 0.242 e. The van der Waals surface area contributed by atoms with E-state index in [1.54, 1.807) is 36.4 Å². The Bertz CT molecular complexity index is 2000. The van der Waals surface area contributed by atoms with Crippen molar-refractivity contribution in [3.8, 4) is 0 Å². The summed E-state index contributed by atoms with van der Waals surface area (Å²) in [5.74, 6) is -0.466. The molecule has 0 aromatic heterocycles. The van der Waals surface area contributed by atoms with E-state index in [4.69, 9.17) is 9.47 Å². The maximum atomic E-state index is 13.8. The normalized spacial score (nSPS) is 25.9. The third-order valence-electron chi connectivity index (χ3n) is 11.3. The van der Waals surface area contributed by atoms with Crippen molar-refractivity contribution < 1.29 is 27.8 Å². The fourth-order valence-corrected chi connectivity index (χ4v) is 10.2. The lowest BCUT2D eigenvalue weighted by atomic mass is 9.65. The van der Waals surface area contributed by atoms with Crippen LogP contribution in [-0.4, -0.2) is 55.6 Å². The van der Waals surface area contributed by atoms with Gasteiger partial charge in [-0.1, -0.05) is 105 Å². The van der Waals surface area contributed by atoms with Crippen LogP contribution in [0.1, 0.15) is 86.7 Å². The van der Waals surface area contributed by atoms with Crippen LogP contribution in [0.5, 0.6) is 0 Å². The molecular formula is C44H53N3O6S. The standard InChI is InChI=1S/C44H53N3O6S/c1-30-10-20-38(21-11-30)54(50,51)46-39(22-31-8-6-5-7-9-31)41(49)45-35-18-16-34(17-19-35)42-52-37(23-40(53-42)33-14-12-32(27-48)13-15-33)26-47-29-44(4)25-36(47)24-43(2,3)28-44/h5-21,36-37,39-40,42,46,48H,22-29H2,1-4H3,(H,45,49)/t36?,37-,39-,40+,42+,44?/m1/s1. The topological polar surface area (TPSA) is 117 Å². The van der Waals surface area contributed by atoms with Gasteiger partial charge in [0.05, 0.1) is 23.7 Å².